The number of hydrogen-bond acceptors (Lipinski definition) is 3. The monoisotopic (exact) mass is 288 g/mol. The SMILES string of the molecule is O=C(O)C1CC(=O)N(CCN2CCCc3ccccc32)C1. The van der Waals surface area contributed by atoms with E-state index in [2.05, 4.69) is 23.1 Å². The summed E-state index contributed by atoms with van der Waals surface area (Å²) in [6, 6.07) is 8.38. The van der Waals surface area contributed by atoms with Gasteiger partial charge in [0.15, 0.2) is 0 Å². The fourth-order valence-corrected chi connectivity index (χ4v) is 3.24. The number of para-hydroxylation sites is 1. The lowest BCUT2D eigenvalue weighted by atomic mass is 10.0. The molecule has 0 spiro atoms. The van der Waals surface area contributed by atoms with Crippen molar-refractivity contribution in [3.63, 3.8) is 0 Å². The van der Waals surface area contributed by atoms with Crippen LogP contribution < -0.4 is 4.90 Å². The third kappa shape index (κ3) is 2.86. The third-order valence-corrected chi connectivity index (χ3v) is 4.41. The maximum absolute atomic E-state index is 11.9. The van der Waals surface area contributed by atoms with Gasteiger partial charge in [0, 0.05) is 38.3 Å². The summed E-state index contributed by atoms with van der Waals surface area (Å²) >= 11 is 0. The zero-order valence-electron chi connectivity index (χ0n) is 12.0. The quantitative estimate of drug-likeness (QED) is 0.909. The minimum atomic E-state index is -0.867. The predicted molar refractivity (Wildman–Crippen MR) is 79.3 cm³/mol. The van der Waals surface area contributed by atoms with E-state index in [1.54, 1.807) is 4.90 Å². The predicted octanol–water partition coefficient (Wildman–Crippen LogP) is 1.37. The number of fused-ring (bicyclic) bond motifs is 1. The van der Waals surface area contributed by atoms with Crippen LogP contribution >= 0.6 is 0 Å². The minimum Gasteiger partial charge on any atom is -0.481 e. The Morgan fingerprint density at radius 2 is 2.00 bits per heavy atom. The Kier molecular flexibility index (Phi) is 3.82. The Bertz CT molecular complexity index is 558. The van der Waals surface area contributed by atoms with Crippen LogP contribution in [0.15, 0.2) is 24.3 Å². The van der Waals surface area contributed by atoms with Crippen molar-refractivity contribution >= 4 is 17.6 Å². The second-order valence-corrected chi connectivity index (χ2v) is 5.80. The molecule has 3 rings (SSSR count). The summed E-state index contributed by atoms with van der Waals surface area (Å²) in [5.41, 5.74) is 2.62. The van der Waals surface area contributed by atoms with Crippen LogP contribution in [0.25, 0.3) is 0 Å². The number of carboxylic acid groups (broad SMARTS) is 1. The Balaban J connectivity index is 1.62. The van der Waals surface area contributed by atoms with Gasteiger partial charge >= 0.3 is 5.97 Å². The van der Waals surface area contributed by atoms with E-state index < -0.39 is 11.9 Å². The van der Waals surface area contributed by atoms with Gasteiger partial charge in [0.1, 0.15) is 0 Å². The Morgan fingerprint density at radius 3 is 2.76 bits per heavy atom. The van der Waals surface area contributed by atoms with E-state index in [9.17, 15) is 9.59 Å². The van der Waals surface area contributed by atoms with Gasteiger partial charge in [-0.3, -0.25) is 9.59 Å². The van der Waals surface area contributed by atoms with Crippen LogP contribution in [-0.4, -0.2) is 48.1 Å². The van der Waals surface area contributed by atoms with E-state index >= 15 is 0 Å². The fourth-order valence-electron chi connectivity index (χ4n) is 3.24. The molecule has 112 valence electrons. The lowest BCUT2D eigenvalue weighted by molar-refractivity contribution is -0.141. The van der Waals surface area contributed by atoms with Crippen LogP contribution in [0, 0.1) is 5.92 Å². The van der Waals surface area contributed by atoms with Crippen molar-refractivity contribution in [1.29, 1.82) is 0 Å². The van der Waals surface area contributed by atoms with Crippen LogP contribution in [0.2, 0.25) is 0 Å². The van der Waals surface area contributed by atoms with Crippen LogP contribution in [0.3, 0.4) is 0 Å². The number of aliphatic carboxylic acids is 1. The molecule has 5 heteroatoms. The zero-order chi connectivity index (χ0) is 14.8. The van der Waals surface area contributed by atoms with E-state index in [1.165, 1.54) is 11.3 Å². The van der Waals surface area contributed by atoms with Gasteiger partial charge in [-0.15, -0.1) is 0 Å². The van der Waals surface area contributed by atoms with Gasteiger partial charge in [0.25, 0.3) is 0 Å². The van der Waals surface area contributed by atoms with Crippen LogP contribution in [0.4, 0.5) is 5.69 Å². The van der Waals surface area contributed by atoms with Gasteiger partial charge in [-0.1, -0.05) is 18.2 Å². The highest BCUT2D eigenvalue weighted by molar-refractivity contribution is 5.86. The molecule has 2 aliphatic heterocycles. The number of rotatable bonds is 4. The van der Waals surface area contributed by atoms with Gasteiger partial charge < -0.3 is 14.9 Å². The normalized spacial score (nSPS) is 21.5. The number of nitrogens with zero attached hydrogens (tertiary/aromatic N) is 2. The summed E-state index contributed by atoms with van der Waals surface area (Å²) in [4.78, 5) is 26.8. The van der Waals surface area contributed by atoms with Crippen molar-refractivity contribution in [2.45, 2.75) is 19.3 Å². The Labute approximate surface area is 124 Å². The number of benzene rings is 1. The number of carbonyl (C=O) groups excluding carboxylic acids is 1. The second kappa shape index (κ2) is 5.76. The number of carboxylic acids is 1. The number of likely N-dealkylation sites (tertiary alicyclic amines) is 1. The molecule has 1 atom stereocenters. The summed E-state index contributed by atoms with van der Waals surface area (Å²) < 4.78 is 0. The molecule has 1 fully saturated rings. The lowest BCUT2D eigenvalue weighted by Gasteiger charge is -2.32. The molecule has 2 aliphatic rings. The summed E-state index contributed by atoms with van der Waals surface area (Å²) in [6.45, 7) is 2.73. The topological polar surface area (TPSA) is 60.9 Å². The highest BCUT2D eigenvalue weighted by atomic mass is 16.4. The third-order valence-electron chi connectivity index (χ3n) is 4.41. The van der Waals surface area contributed by atoms with E-state index in [1.807, 2.05) is 6.07 Å². The molecule has 5 nitrogen and oxygen atoms in total. The lowest BCUT2D eigenvalue weighted by Crippen LogP contribution is -2.38. The molecular weight excluding hydrogens is 268 g/mol. The van der Waals surface area contributed by atoms with Crippen molar-refractivity contribution in [1.82, 2.24) is 4.90 Å². The first-order chi connectivity index (χ1) is 10.1. The Morgan fingerprint density at radius 1 is 1.24 bits per heavy atom. The minimum absolute atomic E-state index is 0.0345. The molecule has 0 bridgehead atoms. The summed E-state index contributed by atoms with van der Waals surface area (Å²) in [6.07, 6.45) is 2.38. The molecular formula is C16H20N2O3. The summed E-state index contributed by atoms with van der Waals surface area (Å²) in [5.74, 6) is -1.44. The molecule has 21 heavy (non-hydrogen) atoms. The number of hydrogen-bond donors (Lipinski definition) is 1. The number of amides is 1. The van der Waals surface area contributed by atoms with Crippen LogP contribution in [-0.2, 0) is 16.0 Å². The maximum atomic E-state index is 11.9. The molecule has 1 saturated heterocycles. The van der Waals surface area contributed by atoms with Crippen molar-refractivity contribution in [2.24, 2.45) is 5.92 Å². The average Bonchev–Trinajstić information content (AvgIpc) is 2.86. The van der Waals surface area contributed by atoms with Gasteiger partial charge in [-0.2, -0.15) is 0 Å². The van der Waals surface area contributed by atoms with Gasteiger partial charge in [-0.05, 0) is 24.5 Å². The number of carbonyl (C=O) groups is 2. The number of anilines is 1. The molecule has 0 aromatic heterocycles. The van der Waals surface area contributed by atoms with Gasteiger partial charge in [0.2, 0.25) is 5.91 Å². The first kappa shape index (κ1) is 13.9. The molecule has 0 aliphatic carbocycles. The van der Waals surface area contributed by atoms with Crippen LogP contribution in [0.5, 0.6) is 0 Å². The van der Waals surface area contributed by atoms with Crippen molar-refractivity contribution in [2.75, 3.05) is 31.1 Å². The number of aryl methyl sites for hydroxylation is 1. The zero-order valence-corrected chi connectivity index (χ0v) is 12.0. The highest BCUT2D eigenvalue weighted by Crippen LogP contribution is 2.26. The van der Waals surface area contributed by atoms with Crippen molar-refractivity contribution in [3.05, 3.63) is 29.8 Å². The van der Waals surface area contributed by atoms with E-state index in [-0.39, 0.29) is 12.3 Å². The molecule has 1 N–H and O–H groups in total. The summed E-state index contributed by atoms with van der Waals surface area (Å²) in [7, 11) is 0. The first-order valence-electron chi connectivity index (χ1n) is 7.48. The van der Waals surface area contributed by atoms with Crippen LogP contribution in [0.1, 0.15) is 18.4 Å². The molecule has 1 aromatic rings. The standard InChI is InChI=1S/C16H20N2O3/c19-15-10-13(16(20)21)11-18(15)9-8-17-7-3-5-12-4-1-2-6-14(12)17/h1-2,4,6,13H,3,5,7-11H2,(H,20,21). The van der Waals surface area contributed by atoms with Crippen molar-refractivity contribution < 1.29 is 14.7 Å². The molecule has 1 unspecified atom stereocenters. The molecule has 0 saturated carbocycles. The summed E-state index contributed by atoms with van der Waals surface area (Å²) in [5, 5.41) is 9.01. The van der Waals surface area contributed by atoms with E-state index in [0.717, 1.165) is 25.9 Å². The smallest absolute Gasteiger partial charge is 0.308 e. The first-order valence-corrected chi connectivity index (χ1v) is 7.48. The van der Waals surface area contributed by atoms with Gasteiger partial charge in [-0.25, -0.2) is 0 Å². The Hall–Kier alpha value is -2.04. The average molecular weight is 288 g/mol. The highest BCUT2D eigenvalue weighted by Gasteiger charge is 2.34. The molecule has 0 radical (unpaired) electrons. The maximum Gasteiger partial charge on any atom is 0.308 e. The van der Waals surface area contributed by atoms with Crippen molar-refractivity contribution in [3.8, 4) is 0 Å². The second-order valence-electron chi connectivity index (χ2n) is 5.80. The molecule has 1 aromatic carbocycles. The van der Waals surface area contributed by atoms with E-state index in [4.69, 9.17) is 5.11 Å². The fraction of sp³-hybridized carbons (Fsp3) is 0.500. The molecule has 2 heterocycles. The van der Waals surface area contributed by atoms with Gasteiger partial charge in [0.05, 0.1) is 5.92 Å². The molecule has 1 amide bonds. The largest absolute Gasteiger partial charge is 0.481 e. The van der Waals surface area contributed by atoms with E-state index in [0.29, 0.717) is 13.1 Å².